The van der Waals surface area contributed by atoms with E-state index in [0.29, 0.717) is 0 Å². The molecule has 0 amide bonds. The zero-order valence-electron chi connectivity index (χ0n) is 35.0. The van der Waals surface area contributed by atoms with E-state index in [2.05, 4.69) is 241 Å². The van der Waals surface area contributed by atoms with Gasteiger partial charge in [0.1, 0.15) is 11.2 Å². The van der Waals surface area contributed by atoms with Crippen LogP contribution < -0.4 is 4.90 Å². The Morgan fingerprint density at radius 1 is 0.281 bits per heavy atom. The van der Waals surface area contributed by atoms with Gasteiger partial charge in [0, 0.05) is 33.3 Å². The van der Waals surface area contributed by atoms with E-state index in [4.69, 9.17) is 4.42 Å². The highest BCUT2D eigenvalue weighted by Gasteiger charge is 2.21. The average molecular weight is 816 g/mol. The van der Waals surface area contributed by atoms with Crippen LogP contribution in [0.15, 0.2) is 253 Å². The maximum absolute atomic E-state index is 6.57. The van der Waals surface area contributed by atoms with Crippen molar-refractivity contribution in [3.8, 4) is 55.6 Å². The summed E-state index contributed by atoms with van der Waals surface area (Å²) >= 11 is 0. The molecule has 0 aliphatic rings. The molecule has 300 valence electrons. The van der Waals surface area contributed by atoms with Gasteiger partial charge in [0.25, 0.3) is 0 Å². The maximum atomic E-state index is 6.57. The van der Waals surface area contributed by atoms with Gasteiger partial charge in [-0.05, 0) is 102 Å². The first kappa shape index (κ1) is 37.3. The average Bonchev–Trinajstić information content (AvgIpc) is 3.76. The fourth-order valence-corrected chi connectivity index (χ4v) is 9.66. The molecule has 11 aromatic carbocycles. The van der Waals surface area contributed by atoms with Gasteiger partial charge in [0.2, 0.25) is 0 Å². The molecule has 0 N–H and O–H groups in total. The van der Waals surface area contributed by atoms with Crippen LogP contribution in [0, 0.1) is 0 Å². The van der Waals surface area contributed by atoms with Crippen LogP contribution in [0.2, 0.25) is 0 Å². The summed E-state index contributed by atoms with van der Waals surface area (Å²) in [6.45, 7) is 0. The second-order valence-electron chi connectivity index (χ2n) is 16.4. The molecule has 0 radical (unpaired) electrons. The summed E-state index contributed by atoms with van der Waals surface area (Å²) in [7, 11) is 0. The molecule has 12 aromatic rings. The molecule has 0 fully saturated rings. The van der Waals surface area contributed by atoms with E-state index in [-0.39, 0.29) is 0 Å². The Bertz CT molecular complexity index is 3650. The molecule has 0 spiro atoms. The van der Waals surface area contributed by atoms with Crippen LogP contribution in [0.4, 0.5) is 17.1 Å². The highest BCUT2D eigenvalue weighted by molar-refractivity contribution is 6.11. The topological polar surface area (TPSA) is 16.4 Å². The lowest BCUT2D eigenvalue weighted by atomic mass is 9.90. The molecule has 0 bridgehead atoms. The molecule has 0 atom stereocenters. The minimum Gasteiger partial charge on any atom is -0.455 e. The fraction of sp³-hybridized carbons (Fsp3) is 0. The van der Waals surface area contributed by atoms with Crippen LogP contribution in [0.1, 0.15) is 0 Å². The fourth-order valence-electron chi connectivity index (χ4n) is 9.66. The predicted octanol–water partition coefficient (Wildman–Crippen LogP) is 17.7. The van der Waals surface area contributed by atoms with E-state index < -0.39 is 0 Å². The third kappa shape index (κ3) is 6.52. The van der Waals surface area contributed by atoms with Crippen LogP contribution >= 0.6 is 0 Å². The predicted molar refractivity (Wildman–Crippen MR) is 271 cm³/mol. The van der Waals surface area contributed by atoms with Crippen LogP contribution in [0.3, 0.4) is 0 Å². The Balaban J connectivity index is 1.01. The standard InChI is InChI=1S/C62H41NO/c1-2-15-45(16-3-1)53-27-12-19-47-20-13-29-57(61(47)53)55-24-6-8-31-59(55)63(50-22-10-21-48(41-50)54-28-14-30-58-56-25-7-9-32-60(56)64-62(54)58)49-39-37-43(38-40-49)42-33-35-46(36-34-42)52-26-11-18-44-17-4-5-23-51(44)52/h1-41H. The lowest BCUT2D eigenvalue weighted by Gasteiger charge is -2.29. The maximum Gasteiger partial charge on any atom is 0.143 e. The highest BCUT2D eigenvalue weighted by Crippen LogP contribution is 2.46. The first-order valence-corrected chi connectivity index (χ1v) is 21.9. The Hall–Kier alpha value is -8.46. The second kappa shape index (κ2) is 15.8. The van der Waals surface area contributed by atoms with Crippen molar-refractivity contribution < 1.29 is 4.42 Å². The molecule has 0 saturated carbocycles. The van der Waals surface area contributed by atoms with Gasteiger partial charge in [-0.25, -0.2) is 0 Å². The SMILES string of the molecule is c1ccc(-c2cccc3cccc(-c4ccccc4N(c4ccc(-c5ccc(-c6cccc7ccccc67)cc5)cc4)c4cccc(-c5cccc6c5oc5ccccc56)c4)c23)cc1. The summed E-state index contributed by atoms with van der Waals surface area (Å²) < 4.78 is 6.57. The number of para-hydroxylation sites is 3. The molecule has 12 rings (SSSR count). The normalized spacial score (nSPS) is 11.4. The molecule has 0 aliphatic heterocycles. The largest absolute Gasteiger partial charge is 0.455 e. The first-order chi connectivity index (χ1) is 31.7. The Morgan fingerprint density at radius 3 is 1.64 bits per heavy atom. The van der Waals surface area contributed by atoms with Crippen molar-refractivity contribution in [3.05, 3.63) is 249 Å². The van der Waals surface area contributed by atoms with Crippen molar-refractivity contribution in [3.63, 3.8) is 0 Å². The van der Waals surface area contributed by atoms with Crippen LogP contribution in [0.5, 0.6) is 0 Å². The van der Waals surface area contributed by atoms with Gasteiger partial charge < -0.3 is 9.32 Å². The quantitative estimate of drug-likeness (QED) is 0.152. The molecular formula is C62H41NO. The number of fused-ring (bicyclic) bond motifs is 5. The van der Waals surface area contributed by atoms with Crippen LogP contribution in [-0.4, -0.2) is 0 Å². The van der Waals surface area contributed by atoms with E-state index in [1.165, 1.54) is 54.9 Å². The number of furan rings is 1. The summed E-state index contributed by atoms with van der Waals surface area (Å²) in [5.41, 5.74) is 16.7. The molecule has 2 heteroatoms. The van der Waals surface area contributed by atoms with Crippen molar-refractivity contribution in [2.45, 2.75) is 0 Å². The molecule has 0 saturated heterocycles. The van der Waals surface area contributed by atoms with E-state index in [9.17, 15) is 0 Å². The lowest BCUT2D eigenvalue weighted by Crippen LogP contribution is -2.11. The van der Waals surface area contributed by atoms with E-state index >= 15 is 0 Å². The van der Waals surface area contributed by atoms with Crippen molar-refractivity contribution in [2.24, 2.45) is 0 Å². The van der Waals surface area contributed by atoms with Gasteiger partial charge in [-0.2, -0.15) is 0 Å². The molecule has 2 nitrogen and oxygen atoms in total. The lowest BCUT2D eigenvalue weighted by molar-refractivity contribution is 0.670. The van der Waals surface area contributed by atoms with Gasteiger partial charge in [-0.3, -0.25) is 0 Å². The van der Waals surface area contributed by atoms with Gasteiger partial charge in [0.15, 0.2) is 0 Å². The number of rotatable bonds is 8. The summed E-state index contributed by atoms with van der Waals surface area (Å²) in [5, 5.41) is 7.19. The minimum absolute atomic E-state index is 0.893. The third-order valence-electron chi connectivity index (χ3n) is 12.7. The molecule has 1 aromatic heterocycles. The molecule has 1 heterocycles. The zero-order chi connectivity index (χ0) is 42.4. The molecule has 0 unspecified atom stereocenters. The highest BCUT2D eigenvalue weighted by atomic mass is 16.3. The molecular weight excluding hydrogens is 775 g/mol. The Kier molecular flexibility index (Phi) is 9.20. The minimum atomic E-state index is 0.893. The Labute approximate surface area is 372 Å². The number of hydrogen-bond acceptors (Lipinski definition) is 2. The van der Waals surface area contributed by atoms with E-state index in [1.807, 2.05) is 12.1 Å². The van der Waals surface area contributed by atoms with Gasteiger partial charge in [-0.1, -0.05) is 212 Å². The number of anilines is 3. The number of benzene rings is 11. The monoisotopic (exact) mass is 815 g/mol. The van der Waals surface area contributed by atoms with Crippen molar-refractivity contribution in [2.75, 3.05) is 4.90 Å². The third-order valence-corrected chi connectivity index (χ3v) is 12.7. The van der Waals surface area contributed by atoms with Crippen molar-refractivity contribution in [1.82, 2.24) is 0 Å². The summed E-state index contributed by atoms with van der Waals surface area (Å²) in [6, 6.07) is 89.7. The van der Waals surface area contributed by atoms with Gasteiger partial charge in [-0.15, -0.1) is 0 Å². The van der Waals surface area contributed by atoms with Crippen LogP contribution in [-0.2, 0) is 0 Å². The summed E-state index contributed by atoms with van der Waals surface area (Å²) in [6.07, 6.45) is 0. The number of nitrogens with zero attached hydrogens (tertiary/aromatic N) is 1. The smallest absolute Gasteiger partial charge is 0.143 e. The van der Waals surface area contributed by atoms with E-state index in [0.717, 1.165) is 61.3 Å². The summed E-state index contributed by atoms with van der Waals surface area (Å²) in [5.74, 6) is 0. The first-order valence-electron chi connectivity index (χ1n) is 21.9. The van der Waals surface area contributed by atoms with Crippen molar-refractivity contribution in [1.29, 1.82) is 0 Å². The summed E-state index contributed by atoms with van der Waals surface area (Å²) in [4.78, 5) is 2.41. The van der Waals surface area contributed by atoms with Crippen LogP contribution in [0.25, 0.3) is 99.1 Å². The zero-order valence-corrected chi connectivity index (χ0v) is 35.0. The van der Waals surface area contributed by atoms with Crippen molar-refractivity contribution >= 4 is 60.5 Å². The van der Waals surface area contributed by atoms with E-state index in [1.54, 1.807) is 0 Å². The molecule has 0 aliphatic carbocycles. The Morgan fingerprint density at radius 2 is 0.812 bits per heavy atom. The molecule has 64 heavy (non-hydrogen) atoms. The second-order valence-corrected chi connectivity index (χ2v) is 16.4. The number of hydrogen-bond donors (Lipinski definition) is 0. The van der Waals surface area contributed by atoms with Gasteiger partial charge in [0.05, 0.1) is 5.69 Å². The van der Waals surface area contributed by atoms with Gasteiger partial charge >= 0.3 is 0 Å².